The number of imidazole rings is 1. The van der Waals surface area contributed by atoms with Crippen LogP contribution in [-0.4, -0.2) is 16.5 Å². The van der Waals surface area contributed by atoms with Crippen molar-refractivity contribution in [1.29, 1.82) is 0 Å². The van der Waals surface area contributed by atoms with Crippen LogP contribution in [0.3, 0.4) is 0 Å². The van der Waals surface area contributed by atoms with E-state index in [1.165, 1.54) is 16.7 Å². The summed E-state index contributed by atoms with van der Waals surface area (Å²) in [5, 5.41) is 3.29. The first-order valence-corrected chi connectivity index (χ1v) is 6.48. The van der Waals surface area contributed by atoms with E-state index in [2.05, 4.69) is 54.3 Å². The average Bonchev–Trinajstić information content (AvgIpc) is 2.79. The van der Waals surface area contributed by atoms with Crippen molar-refractivity contribution >= 4 is 0 Å². The van der Waals surface area contributed by atoms with Gasteiger partial charge in [-0.1, -0.05) is 25.1 Å². The van der Waals surface area contributed by atoms with Crippen molar-refractivity contribution in [2.24, 2.45) is 0 Å². The van der Waals surface area contributed by atoms with Crippen molar-refractivity contribution in [3.63, 3.8) is 0 Å². The summed E-state index contributed by atoms with van der Waals surface area (Å²) in [5.74, 6) is 1.03. The molecule has 0 aliphatic heterocycles. The van der Waals surface area contributed by atoms with Crippen LogP contribution >= 0.6 is 0 Å². The van der Waals surface area contributed by atoms with Crippen LogP contribution in [0.15, 0.2) is 24.4 Å². The van der Waals surface area contributed by atoms with Gasteiger partial charge in [-0.3, -0.25) is 0 Å². The zero-order valence-corrected chi connectivity index (χ0v) is 11.4. The molecule has 0 saturated heterocycles. The SMILES string of the molecule is CCNCc1cnc(Cc2ccc(C)c(C)c2)[nH]1. The van der Waals surface area contributed by atoms with Crippen LogP contribution in [0.4, 0.5) is 0 Å². The Bertz CT molecular complexity index is 514. The number of hydrogen-bond donors (Lipinski definition) is 2. The minimum atomic E-state index is 0.858. The van der Waals surface area contributed by atoms with Crippen molar-refractivity contribution in [1.82, 2.24) is 15.3 Å². The fraction of sp³-hybridized carbons (Fsp3) is 0.400. The summed E-state index contributed by atoms with van der Waals surface area (Å²) in [6.07, 6.45) is 2.78. The Morgan fingerprint density at radius 3 is 2.78 bits per heavy atom. The number of nitrogens with zero attached hydrogens (tertiary/aromatic N) is 1. The molecule has 18 heavy (non-hydrogen) atoms. The molecule has 0 bridgehead atoms. The second-order valence-corrected chi connectivity index (χ2v) is 4.73. The van der Waals surface area contributed by atoms with Gasteiger partial charge in [0.2, 0.25) is 0 Å². The third kappa shape index (κ3) is 3.20. The lowest BCUT2D eigenvalue weighted by atomic mass is 10.0. The number of aryl methyl sites for hydroxylation is 2. The zero-order valence-electron chi connectivity index (χ0n) is 11.4. The molecule has 0 saturated carbocycles. The Hall–Kier alpha value is -1.61. The number of aromatic nitrogens is 2. The highest BCUT2D eigenvalue weighted by Crippen LogP contribution is 2.12. The first-order chi connectivity index (χ1) is 8.69. The summed E-state index contributed by atoms with van der Waals surface area (Å²) in [5.41, 5.74) is 5.14. The quantitative estimate of drug-likeness (QED) is 0.847. The van der Waals surface area contributed by atoms with Crippen LogP contribution in [0.2, 0.25) is 0 Å². The van der Waals surface area contributed by atoms with Crippen LogP contribution in [-0.2, 0) is 13.0 Å². The minimum Gasteiger partial charge on any atom is -0.345 e. The number of aromatic amines is 1. The molecule has 0 atom stereocenters. The lowest BCUT2D eigenvalue weighted by molar-refractivity contribution is 0.712. The summed E-state index contributed by atoms with van der Waals surface area (Å²) < 4.78 is 0. The molecular formula is C15H21N3. The summed E-state index contributed by atoms with van der Waals surface area (Å²) >= 11 is 0. The molecule has 3 heteroatoms. The molecule has 0 radical (unpaired) electrons. The highest BCUT2D eigenvalue weighted by Gasteiger charge is 2.03. The fourth-order valence-electron chi connectivity index (χ4n) is 1.95. The number of nitrogens with one attached hydrogen (secondary N) is 2. The van der Waals surface area contributed by atoms with Gasteiger partial charge < -0.3 is 10.3 Å². The first-order valence-electron chi connectivity index (χ1n) is 6.48. The molecule has 96 valence electrons. The summed E-state index contributed by atoms with van der Waals surface area (Å²) in [6.45, 7) is 8.23. The molecule has 0 spiro atoms. The van der Waals surface area contributed by atoms with Gasteiger partial charge in [0.1, 0.15) is 5.82 Å². The monoisotopic (exact) mass is 243 g/mol. The predicted molar refractivity (Wildman–Crippen MR) is 74.7 cm³/mol. The predicted octanol–water partition coefficient (Wildman–Crippen LogP) is 2.73. The van der Waals surface area contributed by atoms with Gasteiger partial charge in [-0.15, -0.1) is 0 Å². The van der Waals surface area contributed by atoms with Crippen LogP contribution in [0, 0.1) is 13.8 Å². The van der Waals surface area contributed by atoms with Gasteiger partial charge in [0.25, 0.3) is 0 Å². The van der Waals surface area contributed by atoms with Crippen molar-refractivity contribution in [3.05, 3.63) is 52.6 Å². The normalized spacial score (nSPS) is 10.8. The van der Waals surface area contributed by atoms with Gasteiger partial charge in [0, 0.05) is 24.9 Å². The van der Waals surface area contributed by atoms with E-state index in [4.69, 9.17) is 0 Å². The van der Waals surface area contributed by atoms with E-state index < -0.39 is 0 Å². The largest absolute Gasteiger partial charge is 0.345 e. The van der Waals surface area contributed by atoms with Gasteiger partial charge in [0.15, 0.2) is 0 Å². The van der Waals surface area contributed by atoms with E-state index in [9.17, 15) is 0 Å². The molecule has 0 aliphatic carbocycles. The maximum Gasteiger partial charge on any atom is 0.110 e. The second-order valence-electron chi connectivity index (χ2n) is 4.73. The Balaban J connectivity index is 2.04. The Morgan fingerprint density at radius 2 is 2.06 bits per heavy atom. The van der Waals surface area contributed by atoms with Gasteiger partial charge in [0.05, 0.1) is 0 Å². The van der Waals surface area contributed by atoms with Crippen molar-refractivity contribution in [3.8, 4) is 0 Å². The Morgan fingerprint density at radius 1 is 1.22 bits per heavy atom. The summed E-state index contributed by atoms with van der Waals surface area (Å²) in [6, 6.07) is 6.59. The molecule has 0 unspecified atom stereocenters. The Labute approximate surface area is 109 Å². The third-order valence-corrected chi connectivity index (χ3v) is 3.19. The minimum absolute atomic E-state index is 0.858. The van der Waals surface area contributed by atoms with Crippen LogP contribution < -0.4 is 5.32 Å². The molecular weight excluding hydrogens is 222 g/mol. The average molecular weight is 243 g/mol. The number of H-pyrrole nitrogens is 1. The lowest BCUT2D eigenvalue weighted by Gasteiger charge is -2.03. The maximum atomic E-state index is 4.42. The first kappa shape index (κ1) is 12.8. The zero-order chi connectivity index (χ0) is 13.0. The van der Waals surface area contributed by atoms with Gasteiger partial charge in [-0.2, -0.15) is 0 Å². The molecule has 1 heterocycles. The van der Waals surface area contributed by atoms with Crippen molar-refractivity contribution < 1.29 is 0 Å². The van der Waals surface area contributed by atoms with E-state index in [1.807, 2.05) is 6.20 Å². The van der Waals surface area contributed by atoms with Crippen LogP contribution in [0.5, 0.6) is 0 Å². The third-order valence-electron chi connectivity index (χ3n) is 3.19. The molecule has 2 rings (SSSR count). The Kier molecular flexibility index (Phi) is 4.15. The smallest absolute Gasteiger partial charge is 0.110 e. The highest BCUT2D eigenvalue weighted by atomic mass is 15.0. The molecule has 1 aromatic heterocycles. The second kappa shape index (κ2) is 5.83. The van der Waals surface area contributed by atoms with Crippen LogP contribution in [0.25, 0.3) is 0 Å². The van der Waals surface area contributed by atoms with Gasteiger partial charge in [-0.05, 0) is 37.1 Å². The number of rotatable bonds is 5. The topological polar surface area (TPSA) is 40.7 Å². The maximum absolute atomic E-state index is 4.42. The number of hydrogen-bond acceptors (Lipinski definition) is 2. The van der Waals surface area contributed by atoms with E-state index in [1.54, 1.807) is 0 Å². The molecule has 3 nitrogen and oxygen atoms in total. The lowest BCUT2D eigenvalue weighted by Crippen LogP contribution is -2.11. The van der Waals surface area contributed by atoms with Gasteiger partial charge in [-0.25, -0.2) is 4.98 Å². The summed E-state index contributed by atoms with van der Waals surface area (Å²) in [7, 11) is 0. The van der Waals surface area contributed by atoms with Gasteiger partial charge >= 0.3 is 0 Å². The van der Waals surface area contributed by atoms with E-state index >= 15 is 0 Å². The van der Waals surface area contributed by atoms with E-state index in [0.29, 0.717) is 0 Å². The van der Waals surface area contributed by atoms with E-state index in [-0.39, 0.29) is 0 Å². The molecule has 0 aliphatic rings. The molecule has 2 aromatic rings. The van der Waals surface area contributed by atoms with Crippen molar-refractivity contribution in [2.75, 3.05) is 6.54 Å². The van der Waals surface area contributed by atoms with E-state index in [0.717, 1.165) is 31.0 Å². The van der Waals surface area contributed by atoms with Crippen molar-refractivity contribution in [2.45, 2.75) is 33.7 Å². The highest BCUT2D eigenvalue weighted by molar-refractivity contribution is 5.31. The summed E-state index contributed by atoms with van der Waals surface area (Å²) in [4.78, 5) is 7.78. The molecule has 0 amide bonds. The van der Waals surface area contributed by atoms with Crippen LogP contribution in [0.1, 0.15) is 35.1 Å². The standard InChI is InChI=1S/C15H21N3/c1-4-16-9-14-10-17-15(18-14)8-13-6-5-11(2)12(3)7-13/h5-7,10,16H,4,8-9H2,1-3H3,(H,17,18). The molecule has 1 aromatic carbocycles. The molecule has 0 fully saturated rings. The number of benzene rings is 1. The fourth-order valence-corrected chi connectivity index (χ4v) is 1.95. The molecule has 2 N–H and O–H groups in total.